The lowest BCUT2D eigenvalue weighted by Crippen LogP contribution is -2.67. The van der Waals surface area contributed by atoms with Crippen LogP contribution < -0.4 is 0 Å². The molecule has 1 aliphatic carbocycles. The fraction of sp³-hybridized carbons (Fsp3) is 0.667. The van der Waals surface area contributed by atoms with Gasteiger partial charge in [-0.1, -0.05) is 49.6 Å². The van der Waals surface area contributed by atoms with Crippen LogP contribution in [0.5, 0.6) is 0 Å². The maximum atomic E-state index is 13.4. The summed E-state index contributed by atoms with van der Waals surface area (Å²) in [6.07, 6.45) is 6.96. The Hall–Kier alpha value is -1.40. The van der Waals surface area contributed by atoms with Gasteiger partial charge in [-0.05, 0) is 38.2 Å². The average molecular weight is 391 g/mol. The quantitative estimate of drug-likeness (QED) is 0.741. The normalized spacial score (nSPS) is 26.9. The van der Waals surface area contributed by atoms with Gasteiger partial charge in [0.2, 0.25) is 15.9 Å². The number of nitrogens with zero attached hydrogens (tertiary/aromatic N) is 2. The minimum atomic E-state index is -3.14. The fourth-order valence-corrected chi connectivity index (χ4v) is 6.57. The standard InChI is InChI=1S/C21H30N2O3S/c1-2-27(25,26)22-15-11-18(12-16-22)23-19(17-9-5-3-6-10-17)21(20(23)24)13-7-4-8-14-21/h3,5-6,9-10,18-19H,2,4,7-8,11-16H2,1H3. The molecule has 6 heteroatoms. The van der Waals surface area contributed by atoms with E-state index in [2.05, 4.69) is 29.2 Å². The largest absolute Gasteiger partial charge is 0.331 e. The molecule has 1 spiro atoms. The van der Waals surface area contributed by atoms with E-state index in [0.29, 0.717) is 19.0 Å². The first-order valence-electron chi connectivity index (χ1n) is 10.3. The highest BCUT2D eigenvalue weighted by atomic mass is 32.2. The molecule has 4 rings (SSSR count). The van der Waals surface area contributed by atoms with E-state index in [1.165, 1.54) is 12.0 Å². The Labute approximate surface area is 162 Å². The van der Waals surface area contributed by atoms with Crippen LogP contribution in [0.25, 0.3) is 0 Å². The summed E-state index contributed by atoms with van der Waals surface area (Å²) >= 11 is 0. The number of piperidine rings is 1. The molecule has 0 bridgehead atoms. The van der Waals surface area contributed by atoms with Gasteiger partial charge >= 0.3 is 0 Å². The first kappa shape index (κ1) is 18.9. The van der Waals surface area contributed by atoms with Gasteiger partial charge in [0.15, 0.2) is 0 Å². The highest BCUT2D eigenvalue weighted by Gasteiger charge is 2.62. The number of hydrogen-bond acceptors (Lipinski definition) is 3. The minimum Gasteiger partial charge on any atom is -0.331 e. The lowest BCUT2D eigenvalue weighted by Gasteiger charge is -2.61. The predicted octanol–water partition coefficient (Wildman–Crippen LogP) is 3.33. The maximum Gasteiger partial charge on any atom is 0.232 e. The lowest BCUT2D eigenvalue weighted by molar-refractivity contribution is -0.186. The minimum absolute atomic E-state index is 0.149. The second-order valence-corrected chi connectivity index (χ2v) is 10.5. The van der Waals surface area contributed by atoms with Gasteiger partial charge in [0.05, 0.1) is 17.2 Å². The second-order valence-electron chi connectivity index (χ2n) is 8.27. The molecule has 1 amide bonds. The van der Waals surface area contributed by atoms with E-state index >= 15 is 0 Å². The van der Waals surface area contributed by atoms with Gasteiger partial charge in [-0.25, -0.2) is 12.7 Å². The number of sulfonamides is 1. The molecule has 1 unspecified atom stereocenters. The van der Waals surface area contributed by atoms with E-state index in [-0.39, 0.29) is 23.3 Å². The van der Waals surface area contributed by atoms with Gasteiger partial charge in [0, 0.05) is 19.1 Å². The Balaban J connectivity index is 1.56. The van der Waals surface area contributed by atoms with Crippen LogP contribution in [0.1, 0.15) is 63.5 Å². The monoisotopic (exact) mass is 390 g/mol. The molecule has 0 radical (unpaired) electrons. The van der Waals surface area contributed by atoms with Gasteiger partial charge in [-0.3, -0.25) is 4.79 Å². The van der Waals surface area contributed by atoms with E-state index in [1.54, 1.807) is 11.2 Å². The highest BCUT2D eigenvalue weighted by molar-refractivity contribution is 7.89. The summed E-state index contributed by atoms with van der Waals surface area (Å²) in [6.45, 7) is 2.75. The van der Waals surface area contributed by atoms with Crippen molar-refractivity contribution in [1.82, 2.24) is 9.21 Å². The molecule has 2 aliphatic heterocycles. The Kier molecular flexibility index (Phi) is 5.06. The summed E-state index contributed by atoms with van der Waals surface area (Å²) in [7, 11) is -3.14. The van der Waals surface area contributed by atoms with Crippen LogP contribution in [0.3, 0.4) is 0 Å². The van der Waals surface area contributed by atoms with Crippen molar-refractivity contribution in [2.24, 2.45) is 5.41 Å². The van der Waals surface area contributed by atoms with Gasteiger partial charge in [0.25, 0.3) is 0 Å². The number of β-lactam (4-membered cyclic amide) rings is 1. The molecule has 3 fully saturated rings. The van der Waals surface area contributed by atoms with E-state index < -0.39 is 10.0 Å². The van der Waals surface area contributed by atoms with Gasteiger partial charge < -0.3 is 4.90 Å². The molecule has 1 saturated carbocycles. The maximum absolute atomic E-state index is 13.4. The molecule has 2 saturated heterocycles. The number of carbonyl (C=O) groups is 1. The first-order chi connectivity index (χ1) is 13.0. The Morgan fingerprint density at radius 3 is 2.26 bits per heavy atom. The van der Waals surface area contributed by atoms with Gasteiger partial charge in [-0.2, -0.15) is 0 Å². The number of likely N-dealkylation sites (tertiary alicyclic amines) is 1. The van der Waals surface area contributed by atoms with Crippen molar-refractivity contribution in [1.29, 1.82) is 0 Å². The Morgan fingerprint density at radius 2 is 1.67 bits per heavy atom. The van der Waals surface area contributed by atoms with Gasteiger partial charge in [0.1, 0.15) is 0 Å². The summed E-state index contributed by atoms with van der Waals surface area (Å²) in [5.74, 6) is 0.462. The van der Waals surface area contributed by atoms with Crippen LogP contribution >= 0.6 is 0 Å². The van der Waals surface area contributed by atoms with Crippen molar-refractivity contribution in [3.63, 3.8) is 0 Å². The molecule has 0 aromatic heterocycles. The van der Waals surface area contributed by atoms with E-state index in [1.807, 2.05) is 6.07 Å². The third-order valence-electron chi connectivity index (χ3n) is 6.90. The summed E-state index contributed by atoms with van der Waals surface area (Å²) in [6, 6.07) is 10.8. The summed E-state index contributed by atoms with van der Waals surface area (Å²) in [5, 5.41) is 0. The fourth-order valence-electron chi connectivity index (χ4n) is 5.43. The van der Waals surface area contributed by atoms with Crippen LogP contribution in [-0.4, -0.2) is 48.4 Å². The smallest absolute Gasteiger partial charge is 0.232 e. The van der Waals surface area contributed by atoms with Crippen LogP contribution in [0.15, 0.2) is 30.3 Å². The van der Waals surface area contributed by atoms with Crippen molar-refractivity contribution in [3.05, 3.63) is 35.9 Å². The zero-order valence-electron chi connectivity index (χ0n) is 16.1. The molecule has 148 valence electrons. The van der Waals surface area contributed by atoms with Crippen LogP contribution in [0.2, 0.25) is 0 Å². The second kappa shape index (κ2) is 7.21. The third-order valence-corrected chi connectivity index (χ3v) is 8.78. The third kappa shape index (κ3) is 3.11. The number of benzene rings is 1. The Morgan fingerprint density at radius 1 is 1.04 bits per heavy atom. The van der Waals surface area contributed by atoms with Crippen LogP contribution in [0.4, 0.5) is 0 Å². The number of hydrogen-bond donors (Lipinski definition) is 0. The number of amides is 1. The van der Waals surface area contributed by atoms with Crippen LogP contribution in [-0.2, 0) is 14.8 Å². The Bertz CT molecular complexity index is 779. The molecule has 2 heterocycles. The van der Waals surface area contributed by atoms with Crippen molar-refractivity contribution in [2.75, 3.05) is 18.8 Å². The zero-order valence-corrected chi connectivity index (χ0v) is 17.0. The molecule has 27 heavy (non-hydrogen) atoms. The molecular formula is C21H30N2O3S. The summed E-state index contributed by atoms with van der Waals surface area (Å²) in [4.78, 5) is 15.5. The van der Waals surface area contributed by atoms with Crippen LogP contribution in [0, 0.1) is 5.41 Å². The van der Waals surface area contributed by atoms with Crippen molar-refractivity contribution >= 4 is 15.9 Å². The summed E-state index contributed by atoms with van der Waals surface area (Å²) < 4.78 is 25.9. The predicted molar refractivity (Wildman–Crippen MR) is 106 cm³/mol. The SMILES string of the molecule is CCS(=O)(=O)N1CCC(N2C(=O)C3(CCCCC3)C2c2ccccc2)CC1. The number of carbonyl (C=O) groups excluding carboxylic acids is 1. The van der Waals surface area contributed by atoms with Crippen molar-refractivity contribution in [2.45, 2.75) is 64.0 Å². The topological polar surface area (TPSA) is 57.7 Å². The molecule has 3 aliphatic rings. The lowest BCUT2D eigenvalue weighted by atomic mass is 9.59. The van der Waals surface area contributed by atoms with Gasteiger partial charge in [-0.15, -0.1) is 0 Å². The number of rotatable bonds is 4. The van der Waals surface area contributed by atoms with E-state index in [0.717, 1.165) is 38.5 Å². The van der Waals surface area contributed by atoms with E-state index in [9.17, 15) is 13.2 Å². The first-order valence-corrected chi connectivity index (χ1v) is 12.0. The molecule has 1 aromatic carbocycles. The summed E-state index contributed by atoms with van der Waals surface area (Å²) in [5.41, 5.74) is 1.02. The molecule has 1 aromatic rings. The average Bonchev–Trinajstić information content (AvgIpc) is 2.72. The highest BCUT2D eigenvalue weighted by Crippen LogP contribution is 2.59. The van der Waals surface area contributed by atoms with Crippen molar-refractivity contribution in [3.8, 4) is 0 Å². The molecule has 5 nitrogen and oxygen atoms in total. The molecule has 0 N–H and O–H groups in total. The molecule has 1 atom stereocenters. The molecular weight excluding hydrogens is 360 g/mol. The zero-order chi connectivity index (χ0) is 19.1. The van der Waals surface area contributed by atoms with Crippen molar-refractivity contribution < 1.29 is 13.2 Å². The van der Waals surface area contributed by atoms with E-state index in [4.69, 9.17) is 0 Å².